The van der Waals surface area contributed by atoms with Crippen molar-refractivity contribution in [3.63, 3.8) is 0 Å². The average Bonchev–Trinajstić information content (AvgIpc) is 3.14. The number of carbonyl (C=O) groups is 1. The Labute approximate surface area is 324 Å². The molecule has 0 aromatic rings. The standard InChI is InChI=1S/C47H89NO4/c1-3-5-7-9-11-13-15-16-17-18-19-20-21-22-23-24-25-26-27-28-29-31-32-34-36-38-40-44(50)42-47(52)48-45(43-49)46(51)41-39-37-35-33-30-14-12-10-8-6-4-2/h22-23,30,33,39,41,44-46,49-51H,3-21,24-29,31-32,34-38,40,42-43H2,1-2H3,(H,48,52)/b23-22-,33-30+,41-39+. The topological polar surface area (TPSA) is 89.8 Å². The number of nitrogens with one attached hydrogen (secondary N) is 1. The van der Waals surface area contributed by atoms with Gasteiger partial charge in [0.15, 0.2) is 0 Å². The summed E-state index contributed by atoms with van der Waals surface area (Å²) in [7, 11) is 0. The molecule has 4 N–H and O–H groups in total. The average molecular weight is 732 g/mol. The number of aliphatic hydroxyl groups excluding tert-OH is 3. The van der Waals surface area contributed by atoms with Crippen LogP contribution in [0.4, 0.5) is 0 Å². The zero-order valence-electron chi connectivity index (χ0n) is 34.7. The molecule has 0 radical (unpaired) electrons. The molecule has 0 bridgehead atoms. The van der Waals surface area contributed by atoms with Crippen molar-refractivity contribution in [1.82, 2.24) is 5.32 Å². The smallest absolute Gasteiger partial charge is 0.222 e. The van der Waals surface area contributed by atoms with E-state index in [1.165, 1.54) is 173 Å². The summed E-state index contributed by atoms with van der Waals surface area (Å²) in [5.74, 6) is -0.327. The highest BCUT2D eigenvalue weighted by Crippen LogP contribution is 2.15. The number of unbranched alkanes of at least 4 members (excludes halogenated alkanes) is 28. The van der Waals surface area contributed by atoms with E-state index >= 15 is 0 Å². The number of allylic oxidation sites excluding steroid dienone is 5. The normalized spacial score (nSPS) is 13.9. The van der Waals surface area contributed by atoms with Gasteiger partial charge < -0.3 is 20.6 Å². The fraction of sp³-hybridized carbons (Fsp3) is 0.851. The maximum atomic E-state index is 12.4. The number of rotatable bonds is 41. The van der Waals surface area contributed by atoms with E-state index in [0.29, 0.717) is 6.42 Å². The van der Waals surface area contributed by atoms with E-state index in [2.05, 4.69) is 43.5 Å². The van der Waals surface area contributed by atoms with Crippen molar-refractivity contribution in [1.29, 1.82) is 0 Å². The minimum Gasteiger partial charge on any atom is -0.394 e. The maximum Gasteiger partial charge on any atom is 0.222 e. The molecule has 3 atom stereocenters. The Balaban J connectivity index is 3.59. The van der Waals surface area contributed by atoms with Crippen molar-refractivity contribution in [2.45, 2.75) is 250 Å². The Hall–Kier alpha value is -1.43. The first kappa shape index (κ1) is 50.6. The summed E-state index contributed by atoms with van der Waals surface area (Å²) in [5, 5.41) is 33.1. The number of carbonyl (C=O) groups excluding carboxylic acids is 1. The number of amides is 1. The third-order valence-corrected chi connectivity index (χ3v) is 10.4. The lowest BCUT2D eigenvalue weighted by atomic mass is 10.0. The predicted molar refractivity (Wildman–Crippen MR) is 227 cm³/mol. The van der Waals surface area contributed by atoms with Crippen LogP contribution < -0.4 is 5.32 Å². The van der Waals surface area contributed by atoms with Crippen LogP contribution in [0.1, 0.15) is 232 Å². The second-order valence-electron chi connectivity index (χ2n) is 15.6. The lowest BCUT2D eigenvalue weighted by Crippen LogP contribution is -2.45. The zero-order valence-corrected chi connectivity index (χ0v) is 34.7. The van der Waals surface area contributed by atoms with Crippen LogP contribution in [-0.4, -0.2) is 46.1 Å². The highest BCUT2D eigenvalue weighted by Gasteiger charge is 2.20. The Kier molecular flexibility index (Phi) is 41.1. The van der Waals surface area contributed by atoms with Crippen molar-refractivity contribution < 1.29 is 20.1 Å². The van der Waals surface area contributed by atoms with E-state index in [1.54, 1.807) is 6.08 Å². The van der Waals surface area contributed by atoms with E-state index < -0.39 is 18.2 Å². The number of hydrogen-bond donors (Lipinski definition) is 4. The van der Waals surface area contributed by atoms with Gasteiger partial charge in [0, 0.05) is 0 Å². The third kappa shape index (κ3) is 38.3. The quantitative estimate of drug-likeness (QED) is 0.0372. The molecule has 0 aromatic heterocycles. The van der Waals surface area contributed by atoms with Gasteiger partial charge >= 0.3 is 0 Å². The first-order valence-corrected chi connectivity index (χ1v) is 22.8. The fourth-order valence-electron chi connectivity index (χ4n) is 6.88. The summed E-state index contributed by atoms with van der Waals surface area (Å²) in [6, 6.07) is -0.759. The Morgan fingerprint density at radius 3 is 1.23 bits per heavy atom. The first-order chi connectivity index (χ1) is 25.5. The minimum atomic E-state index is -0.950. The molecule has 0 spiro atoms. The highest BCUT2D eigenvalue weighted by molar-refractivity contribution is 5.76. The summed E-state index contributed by atoms with van der Waals surface area (Å²) in [4.78, 5) is 12.4. The summed E-state index contributed by atoms with van der Waals surface area (Å²) in [5.41, 5.74) is 0. The molecule has 0 saturated carbocycles. The van der Waals surface area contributed by atoms with E-state index in [1.807, 2.05) is 6.08 Å². The Morgan fingerprint density at radius 2 is 0.827 bits per heavy atom. The van der Waals surface area contributed by atoms with E-state index in [0.717, 1.165) is 32.1 Å². The van der Waals surface area contributed by atoms with Crippen LogP contribution in [0.5, 0.6) is 0 Å². The zero-order chi connectivity index (χ0) is 38.0. The van der Waals surface area contributed by atoms with Gasteiger partial charge in [-0.15, -0.1) is 0 Å². The van der Waals surface area contributed by atoms with Gasteiger partial charge in [-0.3, -0.25) is 4.79 Å². The molecule has 5 nitrogen and oxygen atoms in total. The molecule has 0 aliphatic rings. The van der Waals surface area contributed by atoms with Gasteiger partial charge in [0.1, 0.15) is 0 Å². The Morgan fingerprint density at radius 1 is 0.481 bits per heavy atom. The van der Waals surface area contributed by atoms with Gasteiger partial charge in [-0.1, -0.05) is 204 Å². The molecule has 3 unspecified atom stereocenters. The van der Waals surface area contributed by atoms with Crippen LogP contribution in [0.15, 0.2) is 36.5 Å². The van der Waals surface area contributed by atoms with Crippen LogP contribution in [0, 0.1) is 0 Å². The second kappa shape index (κ2) is 42.3. The third-order valence-electron chi connectivity index (χ3n) is 10.4. The van der Waals surface area contributed by atoms with Gasteiger partial charge in [0.05, 0.1) is 31.3 Å². The molecule has 0 saturated heterocycles. The van der Waals surface area contributed by atoms with Crippen molar-refractivity contribution in [2.75, 3.05) is 6.61 Å². The maximum absolute atomic E-state index is 12.4. The molecular formula is C47H89NO4. The summed E-state index contributed by atoms with van der Waals surface area (Å²) in [6.45, 7) is 4.18. The van der Waals surface area contributed by atoms with Crippen molar-refractivity contribution in [2.24, 2.45) is 0 Å². The van der Waals surface area contributed by atoms with Crippen LogP contribution in [0.25, 0.3) is 0 Å². The second-order valence-corrected chi connectivity index (χ2v) is 15.6. The van der Waals surface area contributed by atoms with Crippen LogP contribution in [-0.2, 0) is 4.79 Å². The van der Waals surface area contributed by atoms with Gasteiger partial charge in [0.2, 0.25) is 5.91 Å². The molecule has 5 heteroatoms. The molecule has 0 rings (SSSR count). The molecule has 1 amide bonds. The molecule has 0 aliphatic carbocycles. The molecule has 0 aliphatic heterocycles. The number of hydrogen-bond acceptors (Lipinski definition) is 4. The number of aliphatic hydroxyl groups is 3. The van der Waals surface area contributed by atoms with E-state index in [9.17, 15) is 20.1 Å². The lowest BCUT2D eigenvalue weighted by Gasteiger charge is -2.21. The first-order valence-electron chi connectivity index (χ1n) is 22.8. The molecule has 0 fully saturated rings. The predicted octanol–water partition coefficient (Wildman–Crippen LogP) is 13.2. The van der Waals surface area contributed by atoms with Crippen LogP contribution in [0.2, 0.25) is 0 Å². The van der Waals surface area contributed by atoms with Gasteiger partial charge in [-0.05, 0) is 57.8 Å². The van der Waals surface area contributed by atoms with Crippen LogP contribution in [0.3, 0.4) is 0 Å². The monoisotopic (exact) mass is 732 g/mol. The highest BCUT2D eigenvalue weighted by atomic mass is 16.3. The Bertz CT molecular complexity index is 809. The van der Waals surface area contributed by atoms with E-state index in [4.69, 9.17) is 0 Å². The fourth-order valence-corrected chi connectivity index (χ4v) is 6.88. The lowest BCUT2D eigenvalue weighted by molar-refractivity contribution is -0.124. The molecule has 52 heavy (non-hydrogen) atoms. The van der Waals surface area contributed by atoms with Gasteiger partial charge in [-0.2, -0.15) is 0 Å². The van der Waals surface area contributed by atoms with Crippen molar-refractivity contribution >= 4 is 5.91 Å². The van der Waals surface area contributed by atoms with E-state index in [-0.39, 0.29) is 18.9 Å². The van der Waals surface area contributed by atoms with Crippen LogP contribution >= 0.6 is 0 Å². The SMILES string of the molecule is CCCCCCC/C=C/CC/C=C/C(O)C(CO)NC(=O)CC(O)CCCCCCCCCCCC/C=C\CCCCCCCCCCCCCC. The largest absolute Gasteiger partial charge is 0.394 e. The molecule has 306 valence electrons. The molecule has 0 aromatic carbocycles. The molecule has 0 heterocycles. The summed E-state index contributed by atoms with van der Waals surface area (Å²) in [6.07, 6.45) is 53.1. The summed E-state index contributed by atoms with van der Waals surface area (Å²) >= 11 is 0. The van der Waals surface area contributed by atoms with Gasteiger partial charge in [-0.25, -0.2) is 0 Å². The molecular weight excluding hydrogens is 643 g/mol. The minimum absolute atomic E-state index is 0.00536. The van der Waals surface area contributed by atoms with Gasteiger partial charge in [0.25, 0.3) is 0 Å². The van der Waals surface area contributed by atoms with Crippen molar-refractivity contribution in [3.05, 3.63) is 36.5 Å². The van der Waals surface area contributed by atoms with Crippen molar-refractivity contribution in [3.8, 4) is 0 Å². The summed E-state index contributed by atoms with van der Waals surface area (Å²) < 4.78 is 0.